The number of halogens is 1. The van der Waals surface area contributed by atoms with E-state index in [9.17, 15) is 9.59 Å². The number of thiophene rings is 1. The maximum absolute atomic E-state index is 15.2. The summed E-state index contributed by atoms with van der Waals surface area (Å²) in [7, 11) is 1.43. The fourth-order valence-electron chi connectivity index (χ4n) is 3.67. The fraction of sp³-hybridized carbons (Fsp3) is 0.190. The maximum Gasteiger partial charge on any atom is 0.333 e. The Morgan fingerprint density at radius 3 is 2.69 bits per heavy atom. The summed E-state index contributed by atoms with van der Waals surface area (Å²) in [5, 5.41) is 1.93. The summed E-state index contributed by atoms with van der Waals surface area (Å²) in [5.74, 6) is -0.330. The smallest absolute Gasteiger partial charge is 0.333 e. The van der Waals surface area contributed by atoms with Crippen molar-refractivity contribution in [3.05, 3.63) is 74.4 Å². The third kappa shape index (κ3) is 2.87. The van der Waals surface area contributed by atoms with Crippen molar-refractivity contribution in [2.24, 2.45) is 0 Å². The van der Waals surface area contributed by atoms with Crippen LogP contribution in [-0.2, 0) is 0 Å². The maximum atomic E-state index is 15.2. The molecule has 29 heavy (non-hydrogen) atoms. The van der Waals surface area contributed by atoms with E-state index in [1.165, 1.54) is 18.4 Å². The zero-order chi connectivity index (χ0) is 20.1. The summed E-state index contributed by atoms with van der Waals surface area (Å²) in [6.07, 6.45) is 6.24. The van der Waals surface area contributed by atoms with Gasteiger partial charge in [-0.3, -0.25) is 19.2 Å². The van der Waals surface area contributed by atoms with Crippen molar-refractivity contribution in [1.29, 1.82) is 0 Å². The number of rotatable bonds is 4. The minimum Gasteiger partial charge on any atom is -0.494 e. The molecule has 1 aliphatic rings. The molecule has 8 heteroatoms. The van der Waals surface area contributed by atoms with Gasteiger partial charge in [0.15, 0.2) is 11.6 Å². The summed E-state index contributed by atoms with van der Waals surface area (Å²) < 4.78 is 21.9. The average molecular weight is 409 g/mol. The summed E-state index contributed by atoms with van der Waals surface area (Å²) in [4.78, 5) is 31.8. The van der Waals surface area contributed by atoms with E-state index in [1.54, 1.807) is 12.4 Å². The van der Waals surface area contributed by atoms with Crippen LogP contribution in [0.15, 0.2) is 51.8 Å². The first-order valence-electron chi connectivity index (χ1n) is 9.13. The van der Waals surface area contributed by atoms with Crippen LogP contribution in [0.1, 0.15) is 24.3 Å². The summed E-state index contributed by atoms with van der Waals surface area (Å²) >= 11 is 1.37. The Kier molecular flexibility index (Phi) is 4.09. The molecule has 0 spiro atoms. The second-order valence-electron chi connectivity index (χ2n) is 6.99. The van der Waals surface area contributed by atoms with Crippen LogP contribution in [0.25, 0.3) is 27.1 Å². The summed E-state index contributed by atoms with van der Waals surface area (Å²) in [6.45, 7) is 0. The molecule has 146 valence electrons. The number of hydrogen-bond acceptors (Lipinski definition) is 5. The van der Waals surface area contributed by atoms with Gasteiger partial charge in [-0.25, -0.2) is 9.18 Å². The van der Waals surface area contributed by atoms with Crippen LogP contribution in [-0.4, -0.2) is 21.5 Å². The number of nitrogens with one attached hydrogen (secondary N) is 1. The van der Waals surface area contributed by atoms with Crippen LogP contribution in [0.4, 0.5) is 4.39 Å². The van der Waals surface area contributed by atoms with E-state index in [0.29, 0.717) is 16.0 Å². The normalized spacial score (nSPS) is 13.7. The molecule has 4 aromatic rings. The van der Waals surface area contributed by atoms with Gasteiger partial charge in [-0.05, 0) is 53.5 Å². The molecule has 0 atom stereocenters. The lowest BCUT2D eigenvalue weighted by Gasteiger charge is -2.15. The van der Waals surface area contributed by atoms with E-state index in [4.69, 9.17) is 4.74 Å². The van der Waals surface area contributed by atoms with Crippen LogP contribution < -0.4 is 16.0 Å². The molecule has 1 aliphatic carbocycles. The zero-order valence-electron chi connectivity index (χ0n) is 15.4. The number of aromatic nitrogens is 3. The predicted octanol–water partition coefficient (Wildman–Crippen LogP) is 3.80. The van der Waals surface area contributed by atoms with E-state index in [1.807, 2.05) is 23.6 Å². The van der Waals surface area contributed by atoms with Crippen LogP contribution in [0, 0.1) is 5.82 Å². The Balaban J connectivity index is 1.80. The number of H-pyrrole nitrogens is 1. The Labute approximate surface area is 168 Å². The Hall–Kier alpha value is -3.26. The van der Waals surface area contributed by atoms with E-state index in [-0.39, 0.29) is 17.2 Å². The molecule has 0 unspecified atom stereocenters. The van der Waals surface area contributed by atoms with E-state index < -0.39 is 17.1 Å². The highest BCUT2D eigenvalue weighted by molar-refractivity contribution is 7.14. The molecule has 1 N–H and O–H groups in total. The lowest BCUT2D eigenvalue weighted by atomic mass is 10.1. The molecular formula is C21H16FN3O3S. The van der Waals surface area contributed by atoms with Crippen molar-refractivity contribution in [2.45, 2.75) is 18.8 Å². The minimum atomic E-state index is -0.679. The molecule has 0 radical (unpaired) electrons. The average Bonchev–Trinajstić information content (AvgIpc) is 3.44. The summed E-state index contributed by atoms with van der Waals surface area (Å²) in [6, 6.07) is 5.63. The SMILES string of the molecule is COc1c(-c2cc(-c3ccncc3)cs2)c(F)cn2c(=O)[nH]c(=O)c(C3CC3)c12. The number of ether oxygens (including phenoxy) is 1. The van der Waals surface area contributed by atoms with Gasteiger partial charge >= 0.3 is 5.69 Å². The molecule has 6 nitrogen and oxygen atoms in total. The molecule has 0 amide bonds. The van der Waals surface area contributed by atoms with Gasteiger partial charge in [0, 0.05) is 22.8 Å². The third-order valence-corrected chi connectivity index (χ3v) is 6.10. The Bertz CT molecular complexity index is 1350. The molecular weight excluding hydrogens is 393 g/mol. The number of nitrogens with zero attached hydrogens (tertiary/aromatic N) is 2. The van der Waals surface area contributed by atoms with Crippen molar-refractivity contribution in [3.8, 4) is 27.3 Å². The monoisotopic (exact) mass is 409 g/mol. The van der Waals surface area contributed by atoms with Crippen molar-refractivity contribution in [2.75, 3.05) is 7.11 Å². The molecule has 1 fully saturated rings. The van der Waals surface area contributed by atoms with Crippen LogP contribution in [0.3, 0.4) is 0 Å². The highest BCUT2D eigenvalue weighted by Crippen LogP contribution is 2.46. The van der Waals surface area contributed by atoms with Gasteiger partial charge in [-0.1, -0.05) is 0 Å². The standard InChI is InChI=1S/C21H16FN3O3S/c1-28-19-17(15-8-13(10-29-15)11-4-6-23-7-5-11)14(22)9-25-18(19)16(12-2-3-12)20(26)24-21(25)27/h4-10,12H,2-3H2,1H3,(H,24,26,27). The van der Waals surface area contributed by atoms with Gasteiger partial charge in [-0.2, -0.15) is 0 Å². The first-order chi connectivity index (χ1) is 14.1. The first-order valence-corrected chi connectivity index (χ1v) is 10.0. The number of methoxy groups -OCH3 is 1. The second kappa shape index (κ2) is 6.66. The van der Waals surface area contributed by atoms with Gasteiger partial charge in [0.05, 0.1) is 18.9 Å². The first kappa shape index (κ1) is 17.8. The van der Waals surface area contributed by atoms with E-state index in [2.05, 4.69) is 9.97 Å². The quantitative estimate of drug-likeness (QED) is 0.556. The lowest BCUT2D eigenvalue weighted by molar-refractivity contribution is 0.415. The van der Waals surface area contributed by atoms with Crippen molar-refractivity contribution in [1.82, 2.24) is 14.4 Å². The number of pyridine rings is 2. The predicted molar refractivity (Wildman–Crippen MR) is 109 cm³/mol. The van der Waals surface area contributed by atoms with Gasteiger partial charge < -0.3 is 4.74 Å². The lowest BCUT2D eigenvalue weighted by Crippen LogP contribution is -2.29. The highest BCUT2D eigenvalue weighted by atomic mass is 32.1. The van der Waals surface area contributed by atoms with Crippen LogP contribution in [0.2, 0.25) is 0 Å². The zero-order valence-corrected chi connectivity index (χ0v) is 16.3. The Morgan fingerprint density at radius 2 is 2.00 bits per heavy atom. The molecule has 0 bridgehead atoms. The summed E-state index contributed by atoms with van der Waals surface area (Å²) in [5.41, 5.74) is 1.87. The second-order valence-corrected chi connectivity index (χ2v) is 7.90. The number of hydrogen-bond donors (Lipinski definition) is 1. The highest BCUT2D eigenvalue weighted by Gasteiger charge is 2.32. The molecule has 0 aliphatic heterocycles. The molecule has 4 heterocycles. The van der Waals surface area contributed by atoms with E-state index >= 15 is 4.39 Å². The largest absolute Gasteiger partial charge is 0.494 e. The van der Waals surface area contributed by atoms with Gasteiger partial charge in [0.2, 0.25) is 0 Å². The van der Waals surface area contributed by atoms with Gasteiger partial charge in [-0.15, -0.1) is 11.3 Å². The van der Waals surface area contributed by atoms with Crippen molar-refractivity contribution in [3.63, 3.8) is 0 Å². The molecule has 1 saturated carbocycles. The molecule has 4 aromatic heterocycles. The Morgan fingerprint density at radius 1 is 1.24 bits per heavy atom. The molecule has 0 aromatic carbocycles. The van der Waals surface area contributed by atoms with Gasteiger partial charge in [0.25, 0.3) is 5.56 Å². The van der Waals surface area contributed by atoms with Crippen LogP contribution >= 0.6 is 11.3 Å². The van der Waals surface area contributed by atoms with Gasteiger partial charge in [0.1, 0.15) is 5.52 Å². The van der Waals surface area contributed by atoms with E-state index in [0.717, 1.165) is 34.6 Å². The van der Waals surface area contributed by atoms with Crippen LogP contribution in [0.5, 0.6) is 5.75 Å². The fourth-order valence-corrected chi connectivity index (χ4v) is 4.63. The molecule has 0 saturated heterocycles. The number of fused-ring (bicyclic) bond motifs is 1. The number of aromatic amines is 1. The molecule has 5 rings (SSSR count). The topological polar surface area (TPSA) is 76.5 Å². The van der Waals surface area contributed by atoms with Crippen molar-refractivity contribution >= 4 is 16.9 Å². The third-order valence-electron chi connectivity index (χ3n) is 5.15. The van der Waals surface area contributed by atoms with Crippen molar-refractivity contribution < 1.29 is 9.13 Å². The minimum absolute atomic E-state index is 0.0530.